The molecule has 11 nitrogen and oxygen atoms in total. The molecule has 0 aliphatic rings. The predicted molar refractivity (Wildman–Crippen MR) is 113 cm³/mol. The van der Waals surface area contributed by atoms with Crippen LogP contribution in [0.5, 0.6) is 5.75 Å². The van der Waals surface area contributed by atoms with Gasteiger partial charge in [-0.1, -0.05) is 31.9 Å². The summed E-state index contributed by atoms with van der Waals surface area (Å²) in [4.78, 5) is 57.4. The number of ether oxygens (including phenoxy) is 1. The first kappa shape index (κ1) is 26.4. The van der Waals surface area contributed by atoms with Crippen LogP contribution in [-0.4, -0.2) is 58.6 Å². The van der Waals surface area contributed by atoms with Crippen molar-refractivity contribution in [3.63, 3.8) is 0 Å². The second kappa shape index (κ2) is 13.6. The van der Waals surface area contributed by atoms with Gasteiger partial charge in [-0.15, -0.1) is 0 Å². The number of nitrogens with one attached hydrogen (secondary N) is 2. The molecule has 0 aliphatic carbocycles. The summed E-state index contributed by atoms with van der Waals surface area (Å²) in [6, 6.07) is 4.90. The minimum absolute atomic E-state index is 0.0228. The number of nitrogens with two attached hydrogens (primary N) is 1. The molecule has 32 heavy (non-hydrogen) atoms. The molecule has 0 saturated carbocycles. The highest BCUT2D eigenvalue weighted by Crippen LogP contribution is 2.16. The topological polar surface area (TPSA) is 185 Å². The number of amides is 3. The zero-order valence-electron chi connectivity index (χ0n) is 17.8. The maximum atomic E-state index is 12.6. The summed E-state index contributed by atoms with van der Waals surface area (Å²) in [6.07, 6.45) is 0.513. The van der Waals surface area contributed by atoms with Crippen LogP contribution in [0, 0.1) is 0 Å². The number of carbonyl (C=O) groups is 5. The van der Waals surface area contributed by atoms with Gasteiger partial charge in [-0.05, 0) is 24.1 Å². The lowest BCUT2D eigenvalue weighted by Crippen LogP contribution is -2.48. The Morgan fingerprint density at radius 1 is 1.00 bits per heavy atom. The van der Waals surface area contributed by atoms with E-state index in [0.29, 0.717) is 12.1 Å². The molecule has 0 heterocycles. The van der Waals surface area contributed by atoms with Crippen molar-refractivity contribution < 1.29 is 38.9 Å². The van der Waals surface area contributed by atoms with Gasteiger partial charge in [0.1, 0.15) is 11.8 Å². The van der Waals surface area contributed by atoms with Gasteiger partial charge in [0.15, 0.2) is 0 Å². The van der Waals surface area contributed by atoms with Crippen molar-refractivity contribution in [3.05, 3.63) is 29.8 Å². The smallest absolute Gasteiger partial charge is 0.356 e. The molecule has 176 valence electrons. The Hall–Kier alpha value is -3.63. The molecule has 0 saturated heterocycles. The Kier molecular flexibility index (Phi) is 11.2. The average Bonchev–Trinajstić information content (AvgIpc) is 2.73. The first-order valence-electron chi connectivity index (χ1n) is 10.2. The van der Waals surface area contributed by atoms with Crippen molar-refractivity contribution in [2.45, 2.75) is 57.6 Å². The number of primary amides is 1. The fraction of sp³-hybridized carbons (Fsp3) is 0.476. The van der Waals surface area contributed by atoms with Gasteiger partial charge < -0.3 is 31.3 Å². The second-order valence-corrected chi connectivity index (χ2v) is 7.11. The number of carboxylic acid groups (broad SMARTS) is 2. The van der Waals surface area contributed by atoms with Crippen LogP contribution in [0.3, 0.4) is 0 Å². The monoisotopic (exact) mass is 451 g/mol. The summed E-state index contributed by atoms with van der Waals surface area (Å²) in [5.41, 5.74) is 5.67. The molecule has 1 atom stereocenters. The highest BCUT2D eigenvalue weighted by atomic mass is 16.5. The van der Waals surface area contributed by atoms with E-state index in [4.69, 9.17) is 20.7 Å². The van der Waals surface area contributed by atoms with Gasteiger partial charge >= 0.3 is 11.9 Å². The van der Waals surface area contributed by atoms with Crippen LogP contribution in [0.1, 0.15) is 44.6 Å². The van der Waals surface area contributed by atoms with E-state index >= 15 is 0 Å². The number of benzene rings is 1. The maximum absolute atomic E-state index is 12.6. The van der Waals surface area contributed by atoms with E-state index in [1.165, 1.54) is 24.3 Å². The SMILES string of the molecule is CCCCCNC(=O)C(Cc1ccc(OC(C(=O)O)C(=O)O)cc1)NC(=O)CCC(N)=O. The minimum Gasteiger partial charge on any atom is -0.478 e. The molecule has 0 radical (unpaired) electrons. The Balaban J connectivity index is 2.84. The molecule has 0 aliphatic heterocycles. The molecule has 0 fully saturated rings. The lowest BCUT2D eigenvalue weighted by molar-refractivity contribution is -0.159. The highest BCUT2D eigenvalue weighted by Gasteiger charge is 2.28. The Morgan fingerprint density at radius 2 is 1.62 bits per heavy atom. The highest BCUT2D eigenvalue weighted by molar-refractivity contribution is 5.96. The van der Waals surface area contributed by atoms with Crippen LogP contribution >= 0.6 is 0 Å². The van der Waals surface area contributed by atoms with Crippen molar-refractivity contribution in [3.8, 4) is 5.75 Å². The Morgan fingerprint density at radius 3 is 2.16 bits per heavy atom. The van der Waals surface area contributed by atoms with Crippen LogP contribution in [0.4, 0.5) is 0 Å². The van der Waals surface area contributed by atoms with Gasteiger partial charge in [0.2, 0.25) is 17.7 Å². The molecular weight excluding hydrogens is 422 g/mol. The van der Waals surface area contributed by atoms with E-state index in [2.05, 4.69) is 10.6 Å². The maximum Gasteiger partial charge on any atom is 0.356 e. The van der Waals surface area contributed by atoms with Gasteiger partial charge in [0.05, 0.1) is 0 Å². The van der Waals surface area contributed by atoms with E-state index in [1.54, 1.807) is 0 Å². The van der Waals surface area contributed by atoms with E-state index in [0.717, 1.165) is 19.3 Å². The molecule has 1 aromatic rings. The van der Waals surface area contributed by atoms with E-state index in [-0.39, 0.29) is 30.9 Å². The number of aliphatic carboxylic acids is 2. The van der Waals surface area contributed by atoms with E-state index < -0.39 is 35.9 Å². The van der Waals surface area contributed by atoms with Gasteiger partial charge in [-0.25, -0.2) is 9.59 Å². The standard InChI is InChI=1S/C21H29N3O8/c1-2-3-4-11-23-19(27)15(24-17(26)10-9-16(22)25)12-13-5-7-14(8-6-13)32-18(20(28)29)21(30)31/h5-8,15,18H,2-4,9-12H2,1H3,(H2,22,25)(H,23,27)(H,24,26)(H,28,29)(H,30,31). The van der Waals surface area contributed by atoms with Crippen LogP contribution in [0.15, 0.2) is 24.3 Å². The molecule has 3 amide bonds. The summed E-state index contributed by atoms with van der Waals surface area (Å²) < 4.78 is 4.95. The van der Waals surface area contributed by atoms with Gasteiger partial charge in [-0.2, -0.15) is 0 Å². The zero-order valence-corrected chi connectivity index (χ0v) is 17.8. The van der Waals surface area contributed by atoms with Crippen LogP contribution in [-0.2, 0) is 30.4 Å². The zero-order chi connectivity index (χ0) is 24.1. The lowest BCUT2D eigenvalue weighted by Gasteiger charge is -2.19. The Labute approximate surface area is 185 Å². The third-order valence-corrected chi connectivity index (χ3v) is 4.40. The van der Waals surface area contributed by atoms with Crippen molar-refractivity contribution in [2.24, 2.45) is 5.73 Å². The number of rotatable bonds is 15. The van der Waals surface area contributed by atoms with Crippen LogP contribution in [0.2, 0.25) is 0 Å². The third-order valence-electron chi connectivity index (χ3n) is 4.40. The normalized spacial score (nSPS) is 11.4. The first-order valence-corrected chi connectivity index (χ1v) is 10.2. The minimum atomic E-state index is -2.05. The van der Waals surface area contributed by atoms with E-state index in [1.807, 2.05) is 6.92 Å². The number of carbonyl (C=O) groups excluding carboxylic acids is 3. The van der Waals surface area contributed by atoms with Crippen LogP contribution < -0.4 is 21.1 Å². The Bertz CT molecular complexity index is 796. The molecule has 11 heteroatoms. The number of hydrogen-bond donors (Lipinski definition) is 5. The van der Waals surface area contributed by atoms with E-state index in [9.17, 15) is 24.0 Å². The fourth-order valence-electron chi connectivity index (χ4n) is 2.70. The molecule has 6 N–H and O–H groups in total. The van der Waals surface area contributed by atoms with Crippen LogP contribution in [0.25, 0.3) is 0 Å². The number of carboxylic acids is 2. The molecular formula is C21H29N3O8. The van der Waals surface area contributed by atoms with Crippen molar-refractivity contribution in [2.75, 3.05) is 6.54 Å². The van der Waals surface area contributed by atoms with Gasteiger partial charge in [0.25, 0.3) is 6.10 Å². The molecule has 0 spiro atoms. The van der Waals surface area contributed by atoms with Gasteiger partial charge in [-0.3, -0.25) is 14.4 Å². The fourth-order valence-corrected chi connectivity index (χ4v) is 2.70. The van der Waals surface area contributed by atoms with Crippen molar-refractivity contribution >= 4 is 29.7 Å². The quantitative estimate of drug-likeness (QED) is 0.185. The number of unbranched alkanes of at least 4 members (excludes halogenated alkanes) is 2. The summed E-state index contributed by atoms with van der Waals surface area (Å²) in [7, 11) is 0. The second-order valence-electron chi connectivity index (χ2n) is 7.11. The van der Waals surface area contributed by atoms with Crippen molar-refractivity contribution in [1.82, 2.24) is 10.6 Å². The molecule has 0 aromatic heterocycles. The number of hydrogen-bond acceptors (Lipinski definition) is 6. The van der Waals surface area contributed by atoms with Gasteiger partial charge in [0, 0.05) is 25.8 Å². The predicted octanol–water partition coefficient (Wildman–Crippen LogP) is 0.202. The largest absolute Gasteiger partial charge is 0.478 e. The summed E-state index contributed by atoms with van der Waals surface area (Å²) in [6.45, 7) is 2.49. The average molecular weight is 451 g/mol. The lowest BCUT2D eigenvalue weighted by atomic mass is 10.0. The summed E-state index contributed by atoms with van der Waals surface area (Å²) in [5.74, 6) is -4.76. The first-order chi connectivity index (χ1) is 15.1. The molecule has 1 rings (SSSR count). The third kappa shape index (κ3) is 9.92. The molecule has 1 aromatic carbocycles. The summed E-state index contributed by atoms with van der Waals surface area (Å²) >= 11 is 0. The molecule has 1 unspecified atom stereocenters. The van der Waals surface area contributed by atoms with Crippen molar-refractivity contribution in [1.29, 1.82) is 0 Å². The molecule has 0 bridgehead atoms. The summed E-state index contributed by atoms with van der Waals surface area (Å²) in [5, 5.41) is 23.1.